The second-order valence-electron chi connectivity index (χ2n) is 24.0. The highest BCUT2D eigenvalue weighted by Crippen LogP contribution is 2.31. The number of carbonyl (C=O) groups excluding carboxylic acids is 8. The van der Waals surface area contributed by atoms with Crippen molar-refractivity contribution in [2.24, 2.45) is 23.2 Å². The Morgan fingerprint density at radius 3 is 2.05 bits per heavy atom. The van der Waals surface area contributed by atoms with Gasteiger partial charge in [-0.15, -0.1) is 0 Å². The summed E-state index contributed by atoms with van der Waals surface area (Å²) in [5.74, 6) is -3.80. The average molecular weight is 1180 g/mol. The van der Waals surface area contributed by atoms with E-state index in [1.54, 1.807) is 23.8 Å². The molecule has 1 heterocycles. The third-order valence-electron chi connectivity index (χ3n) is 15.4. The molecule has 4 unspecified atom stereocenters. The second kappa shape index (κ2) is 36.4. The fourth-order valence-corrected chi connectivity index (χ4v) is 10.1. The summed E-state index contributed by atoms with van der Waals surface area (Å²) in [6.45, 7) is 22.0. The van der Waals surface area contributed by atoms with Gasteiger partial charge in [0.1, 0.15) is 18.7 Å². The van der Waals surface area contributed by atoms with Crippen molar-refractivity contribution in [3.05, 3.63) is 35.9 Å². The summed E-state index contributed by atoms with van der Waals surface area (Å²) >= 11 is 0. The predicted octanol–water partition coefficient (Wildman–Crippen LogP) is 3.96. The van der Waals surface area contributed by atoms with E-state index in [2.05, 4.69) is 26.6 Å². The Morgan fingerprint density at radius 1 is 0.819 bits per heavy atom. The zero-order chi connectivity index (χ0) is 62.8. The maximum absolute atomic E-state index is 14.4. The number of methoxy groups -OCH3 is 2. The Balaban J connectivity index is 2.01. The first kappa shape index (κ1) is 73.6. The van der Waals surface area contributed by atoms with Crippen LogP contribution in [0.4, 0.5) is 4.79 Å². The summed E-state index contributed by atoms with van der Waals surface area (Å²) in [7, 11) is 8.31. The lowest BCUT2D eigenvalue weighted by atomic mass is 9.84. The van der Waals surface area contributed by atoms with Gasteiger partial charge in [0.15, 0.2) is 6.29 Å². The fraction of sp³-hybridized carbons (Fsp3) is 0.767. The van der Waals surface area contributed by atoms with Gasteiger partial charge in [0.2, 0.25) is 35.4 Å². The van der Waals surface area contributed by atoms with E-state index in [-0.39, 0.29) is 100 Å². The van der Waals surface area contributed by atoms with Crippen molar-refractivity contribution < 1.29 is 71.9 Å². The molecule has 2 rings (SSSR count). The normalized spacial score (nSPS) is 17.4. The summed E-state index contributed by atoms with van der Waals surface area (Å²) in [6, 6.07) is 5.78. The predicted molar refractivity (Wildman–Crippen MR) is 314 cm³/mol. The van der Waals surface area contributed by atoms with Gasteiger partial charge in [-0.25, -0.2) is 9.59 Å². The number of rotatable bonds is 37. The molecular formula is C60H104N8O15. The molecule has 1 aromatic carbocycles. The number of benzene rings is 1. The molecule has 1 saturated heterocycles. The molecule has 1 aliphatic rings. The smallest absolute Gasteiger partial charge is 0.407 e. The van der Waals surface area contributed by atoms with Gasteiger partial charge < -0.3 is 69.9 Å². The van der Waals surface area contributed by atoms with Crippen molar-refractivity contribution in [3.8, 4) is 0 Å². The molecule has 23 nitrogen and oxygen atoms in total. The van der Waals surface area contributed by atoms with E-state index >= 15 is 0 Å². The number of hydrogen-bond acceptors (Lipinski definition) is 16. The van der Waals surface area contributed by atoms with E-state index in [0.29, 0.717) is 25.8 Å². The molecule has 83 heavy (non-hydrogen) atoms. The Hall–Kier alpha value is -5.46. The third kappa shape index (κ3) is 25.0. The minimum Gasteiger partial charge on any atom is -0.464 e. The van der Waals surface area contributed by atoms with E-state index in [4.69, 9.17) is 28.4 Å². The van der Waals surface area contributed by atoms with Crippen LogP contribution < -0.4 is 26.6 Å². The second-order valence-corrected chi connectivity index (χ2v) is 24.0. The van der Waals surface area contributed by atoms with Gasteiger partial charge in [-0.3, -0.25) is 33.7 Å². The van der Waals surface area contributed by atoms with Crippen LogP contribution in [0, 0.1) is 23.2 Å². The molecule has 0 saturated carbocycles. The lowest BCUT2D eigenvalue weighted by Gasteiger charge is -2.39. The first-order valence-electron chi connectivity index (χ1n) is 29.4. The van der Waals surface area contributed by atoms with Gasteiger partial charge in [0, 0.05) is 53.7 Å². The Kier molecular flexibility index (Phi) is 32.3. The number of amides is 7. The number of nitrogens with one attached hydrogen (secondary N) is 5. The topological polar surface area (TPSA) is 282 Å². The van der Waals surface area contributed by atoms with Gasteiger partial charge in [-0.1, -0.05) is 92.1 Å². The molecule has 0 radical (unpaired) electrons. The van der Waals surface area contributed by atoms with Crippen molar-refractivity contribution in [2.45, 2.75) is 195 Å². The fourth-order valence-electron chi connectivity index (χ4n) is 10.1. The number of nitrogens with zero attached hydrogens (tertiary/aromatic N) is 3. The molecule has 0 aromatic heterocycles. The molecule has 1 aliphatic heterocycles. The number of likely N-dealkylation sites (N-methyl/N-ethyl adjacent to an activating group) is 2. The first-order valence-corrected chi connectivity index (χ1v) is 29.4. The van der Waals surface area contributed by atoms with Crippen LogP contribution in [0.25, 0.3) is 0 Å². The summed E-state index contributed by atoms with van der Waals surface area (Å²) in [4.78, 5) is 112. The molecule has 0 spiro atoms. The van der Waals surface area contributed by atoms with Gasteiger partial charge in [0.05, 0.1) is 74.1 Å². The lowest BCUT2D eigenvalue weighted by molar-refractivity contribution is -0.249. The number of esters is 1. The van der Waals surface area contributed by atoms with E-state index in [1.165, 1.54) is 21.1 Å². The highest BCUT2D eigenvalue weighted by Gasteiger charge is 2.43. The standard InChI is InChI=1S/C60H104N8O15/c1-18-39(5)52(67(15)49(72)35-63-56(75)51(38(3)4)66(13)14)45(78-16)34-48(71)68-31-23-27-44(68)53(79-17)40(6)54(73)65-43(33-42-25-21-20-22-26-42)55(74)61-29-24-32-80-57(76)41(7)64-47(70)28-30-62-58(77)81-37-50(83-59(8,9)10)82-46(36-69)60(11,12)19-2/h20-22,25-26,38-41,43-46,50-53,69H,18-19,23-24,27-37H2,1-17H3,(H,61,74)(H,62,77)(H,63,75)(H,64,70)(H,65,73)/t39-,40+,41-,43-,44-,45+,46?,50?,51?,52?,53+/m0/s1. The van der Waals surface area contributed by atoms with Crippen LogP contribution in [-0.2, 0) is 68.4 Å². The van der Waals surface area contributed by atoms with Gasteiger partial charge in [-0.05, 0) is 90.3 Å². The molecule has 1 fully saturated rings. The number of ether oxygens (including phenoxy) is 6. The molecule has 0 aliphatic carbocycles. The molecule has 6 N–H and O–H groups in total. The van der Waals surface area contributed by atoms with Crippen LogP contribution in [-0.4, -0.2) is 209 Å². The molecule has 1 aromatic rings. The SMILES string of the molecule is CC[C@H](C)C([C@@H](CC(=O)N1CCC[C@H]1[C@H](OC)[C@@H](C)C(=O)N[C@@H](Cc1ccccc1)C(=O)NCCCOC(=O)[C@H](C)NC(=O)CCNC(=O)OCC(OC(CO)C(C)(C)CC)OC(C)(C)C)OC)N(C)C(=O)CNC(=O)C(C(C)C)N(C)C. The van der Waals surface area contributed by atoms with Crippen LogP contribution >= 0.6 is 0 Å². The maximum atomic E-state index is 14.4. The van der Waals surface area contributed by atoms with E-state index in [1.807, 2.05) is 119 Å². The van der Waals surface area contributed by atoms with Gasteiger partial charge in [-0.2, -0.15) is 0 Å². The molecule has 23 heteroatoms. The zero-order valence-corrected chi connectivity index (χ0v) is 52.9. The van der Waals surface area contributed by atoms with Crippen LogP contribution in [0.2, 0.25) is 0 Å². The Labute approximate surface area is 494 Å². The highest BCUT2D eigenvalue weighted by atomic mass is 16.7. The average Bonchev–Trinajstić information content (AvgIpc) is 3.96. The van der Waals surface area contributed by atoms with Crippen LogP contribution in [0.15, 0.2) is 30.3 Å². The van der Waals surface area contributed by atoms with Crippen molar-refractivity contribution in [3.63, 3.8) is 0 Å². The Bertz CT molecular complexity index is 2170. The van der Waals surface area contributed by atoms with Crippen LogP contribution in [0.1, 0.15) is 134 Å². The molecule has 0 bridgehead atoms. The van der Waals surface area contributed by atoms with Crippen molar-refractivity contribution in [1.82, 2.24) is 41.3 Å². The van der Waals surface area contributed by atoms with E-state index in [0.717, 1.165) is 12.0 Å². The highest BCUT2D eigenvalue weighted by molar-refractivity contribution is 5.89. The van der Waals surface area contributed by atoms with Crippen molar-refractivity contribution in [2.75, 3.05) is 81.4 Å². The number of aliphatic hydroxyl groups excluding tert-OH is 1. The summed E-state index contributed by atoms with van der Waals surface area (Å²) in [5, 5.41) is 23.6. The number of aliphatic hydroxyl groups is 1. The van der Waals surface area contributed by atoms with E-state index in [9.17, 15) is 43.5 Å². The molecular weight excluding hydrogens is 1070 g/mol. The minimum absolute atomic E-state index is 0.0228. The van der Waals surface area contributed by atoms with Crippen molar-refractivity contribution in [1.29, 1.82) is 0 Å². The third-order valence-corrected chi connectivity index (χ3v) is 15.4. The first-order chi connectivity index (χ1) is 39.0. The minimum atomic E-state index is -1.02. The van der Waals surface area contributed by atoms with Gasteiger partial charge >= 0.3 is 12.1 Å². The number of alkyl carbamates (subject to hydrolysis) is 1. The molecule has 11 atom stereocenters. The lowest BCUT2D eigenvalue weighted by Crippen LogP contribution is -2.55. The molecule has 7 amide bonds. The van der Waals surface area contributed by atoms with Crippen molar-refractivity contribution >= 4 is 47.5 Å². The zero-order valence-electron chi connectivity index (χ0n) is 52.9. The number of carbonyl (C=O) groups is 8. The number of likely N-dealkylation sites (tertiary alicyclic amines) is 1. The number of hydrogen-bond donors (Lipinski definition) is 6. The summed E-state index contributed by atoms with van der Waals surface area (Å²) in [5.41, 5.74) is -0.217. The largest absolute Gasteiger partial charge is 0.464 e. The monoisotopic (exact) mass is 1180 g/mol. The molecule has 474 valence electrons. The van der Waals surface area contributed by atoms with Crippen LogP contribution in [0.5, 0.6) is 0 Å². The van der Waals surface area contributed by atoms with Crippen LogP contribution in [0.3, 0.4) is 0 Å². The summed E-state index contributed by atoms with van der Waals surface area (Å²) < 4.78 is 34.6. The summed E-state index contributed by atoms with van der Waals surface area (Å²) in [6.07, 6.45) is -0.978. The maximum Gasteiger partial charge on any atom is 0.407 e. The Morgan fingerprint density at radius 2 is 1.48 bits per heavy atom. The van der Waals surface area contributed by atoms with Gasteiger partial charge in [0.25, 0.3) is 0 Å². The quantitative estimate of drug-likeness (QED) is 0.0312. The van der Waals surface area contributed by atoms with E-state index < -0.39 is 96.1 Å².